The first kappa shape index (κ1) is 35.7. The molecule has 0 aliphatic carbocycles. The average Bonchev–Trinajstić information content (AvgIpc) is 3.34. The Hall–Kier alpha value is -4.12. The van der Waals surface area contributed by atoms with E-state index in [1.165, 1.54) is 0 Å². The van der Waals surface area contributed by atoms with Crippen molar-refractivity contribution in [2.75, 3.05) is 58.1 Å². The molecule has 2 aromatic carbocycles. The van der Waals surface area contributed by atoms with Crippen LogP contribution in [0.3, 0.4) is 0 Å². The lowest BCUT2D eigenvalue weighted by Gasteiger charge is -2.27. The smallest absolute Gasteiger partial charge is 0.435 e. The number of nitrogens with zero attached hydrogens (tertiary/aromatic N) is 4. The average molecular weight is 679 g/mol. The molecule has 1 amide bonds. The van der Waals surface area contributed by atoms with Crippen molar-refractivity contribution in [1.82, 2.24) is 19.0 Å². The summed E-state index contributed by atoms with van der Waals surface area (Å²) >= 11 is 0. The fourth-order valence-electron chi connectivity index (χ4n) is 4.94. The van der Waals surface area contributed by atoms with E-state index < -0.39 is 44.7 Å². The van der Waals surface area contributed by atoms with Gasteiger partial charge in [-0.2, -0.15) is 8.99 Å². The number of amides is 1. The molecule has 0 saturated carbocycles. The van der Waals surface area contributed by atoms with Gasteiger partial charge >= 0.3 is 6.09 Å². The van der Waals surface area contributed by atoms with Crippen LogP contribution >= 0.6 is 0 Å². The zero-order valence-corrected chi connectivity index (χ0v) is 28.0. The predicted molar refractivity (Wildman–Crippen MR) is 170 cm³/mol. The van der Waals surface area contributed by atoms with Gasteiger partial charge in [-0.25, -0.2) is 22.0 Å². The van der Waals surface area contributed by atoms with Gasteiger partial charge in [0.1, 0.15) is 24.0 Å². The lowest BCUT2D eigenvalue weighted by Crippen LogP contribution is -2.37. The molecular formula is C31H40F2N6O7S. The Labute approximate surface area is 272 Å². The van der Waals surface area contributed by atoms with Gasteiger partial charge in [-0.1, -0.05) is 0 Å². The van der Waals surface area contributed by atoms with E-state index in [1.807, 2.05) is 25.9 Å². The monoisotopic (exact) mass is 678 g/mol. The van der Waals surface area contributed by atoms with E-state index in [9.17, 15) is 26.8 Å². The summed E-state index contributed by atoms with van der Waals surface area (Å²) in [6, 6.07) is 6.77. The number of benzene rings is 2. The zero-order chi connectivity index (χ0) is 34.5. The van der Waals surface area contributed by atoms with Crippen LogP contribution in [0.4, 0.5) is 25.1 Å². The van der Waals surface area contributed by atoms with Crippen LogP contribution in [0, 0.1) is 11.6 Å². The topological polar surface area (TPSA) is 144 Å². The number of carbonyl (C=O) groups excluding carboxylic acids is 2. The van der Waals surface area contributed by atoms with Gasteiger partial charge in [0, 0.05) is 56.9 Å². The molecule has 3 aromatic rings. The van der Waals surface area contributed by atoms with Crippen LogP contribution in [0.2, 0.25) is 0 Å². The molecule has 4 rings (SSSR count). The highest BCUT2D eigenvalue weighted by Gasteiger charge is 2.35. The number of hydrogen-bond donors (Lipinski definition) is 2. The van der Waals surface area contributed by atoms with Crippen LogP contribution < -0.4 is 15.4 Å². The number of methoxy groups -OCH3 is 1. The number of likely N-dealkylation sites (N-methyl/N-ethyl adjacent to an activating group) is 1. The minimum Gasteiger partial charge on any atom is -0.492 e. The van der Waals surface area contributed by atoms with Crippen molar-refractivity contribution >= 4 is 33.5 Å². The standard InChI is InChI=1S/C31H40F2N6O7S/c1-19(2)46-31(41)39-28-9-10-38(47(42,43)24-14-21(32)13-22(33)15-24)17-26(28)29(36-39)35-30(40)25-8-7-23(45-12-11-37(4)5)16-27(25)34-20(3)18-44-6/h7-8,13-16,19-20,34H,9-12,17-18H2,1-6H3,(H,35,36,40)/t20-/m1/s1. The highest BCUT2D eigenvalue weighted by molar-refractivity contribution is 7.89. The summed E-state index contributed by atoms with van der Waals surface area (Å²) in [5.41, 5.74) is 1.23. The number of carbonyl (C=O) groups is 2. The Morgan fingerprint density at radius 2 is 1.79 bits per heavy atom. The summed E-state index contributed by atoms with van der Waals surface area (Å²) in [5, 5.41) is 10.3. The number of ether oxygens (including phenoxy) is 3. The maximum Gasteiger partial charge on any atom is 0.435 e. The van der Waals surface area contributed by atoms with E-state index >= 15 is 0 Å². The third-order valence-corrected chi connectivity index (χ3v) is 8.92. The van der Waals surface area contributed by atoms with Gasteiger partial charge < -0.3 is 29.7 Å². The quantitative estimate of drug-likeness (QED) is 0.273. The molecule has 2 heterocycles. The van der Waals surface area contributed by atoms with Crippen LogP contribution in [0.5, 0.6) is 5.75 Å². The lowest BCUT2D eigenvalue weighted by atomic mass is 10.1. The van der Waals surface area contributed by atoms with Crippen molar-refractivity contribution in [3.8, 4) is 5.75 Å². The van der Waals surface area contributed by atoms with Crippen molar-refractivity contribution in [3.05, 3.63) is 64.9 Å². The maximum atomic E-state index is 13.9. The van der Waals surface area contributed by atoms with Crippen molar-refractivity contribution in [2.45, 2.75) is 50.8 Å². The van der Waals surface area contributed by atoms with Crippen molar-refractivity contribution in [2.24, 2.45) is 0 Å². The van der Waals surface area contributed by atoms with Gasteiger partial charge in [-0.3, -0.25) is 4.79 Å². The van der Waals surface area contributed by atoms with Gasteiger partial charge in [0.15, 0.2) is 5.82 Å². The van der Waals surface area contributed by atoms with Crippen LogP contribution in [0.15, 0.2) is 41.3 Å². The molecule has 0 spiro atoms. The number of rotatable bonds is 13. The Morgan fingerprint density at radius 3 is 2.43 bits per heavy atom. The van der Waals surface area contributed by atoms with Gasteiger partial charge in [-0.05, 0) is 59.1 Å². The summed E-state index contributed by atoms with van der Waals surface area (Å²) < 4.78 is 73.2. The fraction of sp³-hybridized carbons (Fsp3) is 0.452. The van der Waals surface area contributed by atoms with Crippen molar-refractivity contribution in [3.63, 3.8) is 0 Å². The number of nitrogens with one attached hydrogen (secondary N) is 2. The molecule has 0 bridgehead atoms. The van der Waals surface area contributed by atoms with Crippen LogP contribution in [-0.2, 0) is 32.5 Å². The SMILES string of the molecule is COC[C@@H](C)Nc1cc(OCCN(C)C)ccc1C(=O)Nc1nn(C(=O)OC(C)C)c2c1CN(S(=O)(=O)c1cc(F)cc(F)c1)CC2. The van der Waals surface area contributed by atoms with Crippen LogP contribution in [0.1, 0.15) is 42.4 Å². The molecule has 0 fully saturated rings. The van der Waals surface area contributed by atoms with Gasteiger partial charge in [0.2, 0.25) is 10.0 Å². The molecule has 2 N–H and O–H groups in total. The van der Waals surface area contributed by atoms with E-state index in [1.54, 1.807) is 39.2 Å². The van der Waals surface area contributed by atoms with Crippen LogP contribution in [0.25, 0.3) is 0 Å². The minimum atomic E-state index is -4.37. The molecule has 0 unspecified atom stereocenters. The first-order valence-corrected chi connectivity index (χ1v) is 16.4. The van der Waals surface area contributed by atoms with Gasteiger partial charge in [-0.15, -0.1) is 5.10 Å². The Morgan fingerprint density at radius 1 is 1.09 bits per heavy atom. The second-order valence-electron chi connectivity index (χ2n) is 11.6. The number of sulfonamides is 1. The van der Waals surface area contributed by atoms with E-state index in [2.05, 4.69) is 15.7 Å². The van der Waals surface area contributed by atoms with Gasteiger partial charge in [0.05, 0.1) is 34.6 Å². The molecule has 1 aromatic heterocycles. The third-order valence-electron chi connectivity index (χ3n) is 7.10. The highest BCUT2D eigenvalue weighted by atomic mass is 32.2. The van der Waals surface area contributed by atoms with Crippen LogP contribution in [-0.4, -0.2) is 99.1 Å². The Balaban J connectivity index is 1.70. The summed E-state index contributed by atoms with van der Waals surface area (Å²) in [6.45, 7) is 6.19. The van der Waals surface area contributed by atoms with Gasteiger partial charge in [0.25, 0.3) is 5.91 Å². The van der Waals surface area contributed by atoms with Crippen molar-refractivity contribution in [1.29, 1.82) is 0 Å². The van der Waals surface area contributed by atoms with E-state index in [-0.39, 0.29) is 42.5 Å². The number of halogens is 2. The Kier molecular flexibility index (Phi) is 11.5. The number of fused-ring (bicyclic) bond motifs is 1. The Bertz CT molecular complexity index is 1690. The maximum absolute atomic E-state index is 13.9. The molecule has 1 atom stereocenters. The summed E-state index contributed by atoms with van der Waals surface area (Å²) in [7, 11) is 1.04. The normalized spacial score (nSPS) is 14.2. The number of anilines is 2. The minimum absolute atomic E-state index is 0.00273. The first-order valence-electron chi connectivity index (χ1n) is 15.0. The molecule has 0 radical (unpaired) electrons. The molecular weight excluding hydrogens is 638 g/mol. The molecule has 16 heteroatoms. The largest absolute Gasteiger partial charge is 0.492 e. The molecule has 47 heavy (non-hydrogen) atoms. The summed E-state index contributed by atoms with van der Waals surface area (Å²) in [6.07, 6.45) is -1.29. The second kappa shape index (κ2) is 15.2. The second-order valence-corrected chi connectivity index (χ2v) is 13.6. The third kappa shape index (κ3) is 8.82. The first-order chi connectivity index (χ1) is 22.2. The summed E-state index contributed by atoms with van der Waals surface area (Å²) in [4.78, 5) is 28.2. The summed E-state index contributed by atoms with van der Waals surface area (Å²) in [5.74, 6) is -2.23. The zero-order valence-electron chi connectivity index (χ0n) is 27.2. The molecule has 0 saturated heterocycles. The molecule has 256 valence electrons. The lowest BCUT2D eigenvalue weighted by molar-refractivity contribution is 0.102. The van der Waals surface area contributed by atoms with Crippen molar-refractivity contribution < 1.29 is 41.0 Å². The number of hydrogen-bond acceptors (Lipinski definition) is 10. The molecule has 1 aliphatic rings. The fourth-order valence-corrected chi connectivity index (χ4v) is 6.39. The van der Waals surface area contributed by atoms with E-state index in [4.69, 9.17) is 14.2 Å². The highest BCUT2D eigenvalue weighted by Crippen LogP contribution is 2.32. The number of aromatic nitrogens is 2. The molecule has 1 aliphatic heterocycles. The van der Waals surface area contributed by atoms with E-state index in [0.29, 0.717) is 43.0 Å². The molecule has 13 nitrogen and oxygen atoms in total. The van der Waals surface area contributed by atoms with E-state index in [0.717, 1.165) is 21.1 Å². The predicted octanol–water partition coefficient (Wildman–Crippen LogP) is 3.94.